The van der Waals surface area contributed by atoms with Gasteiger partial charge < -0.3 is 5.32 Å². The van der Waals surface area contributed by atoms with E-state index in [9.17, 15) is 13.2 Å². The number of nitrogens with two attached hydrogens (primary N) is 1. The van der Waals surface area contributed by atoms with Crippen molar-refractivity contribution in [2.75, 3.05) is 0 Å². The second kappa shape index (κ2) is 7.73. The molecule has 0 aliphatic carbocycles. The van der Waals surface area contributed by atoms with Crippen molar-refractivity contribution >= 4 is 15.9 Å². The van der Waals surface area contributed by atoms with Gasteiger partial charge in [0, 0.05) is 5.56 Å². The number of amides is 1. The highest BCUT2D eigenvalue weighted by molar-refractivity contribution is 7.89. The first-order chi connectivity index (χ1) is 12.8. The minimum atomic E-state index is -3.73. The molecule has 0 aromatic heterocycles. The van der Waals surface area contributed by atoms with Crippen LogP contribution in [-0.2, 0) is 10.0 Å². The van der Waals surface area contributed by atoms with Crippen molar-refractivity contribution in [3.63, 3.8) is 0 Å². The van der Waals surface area contributed by atoms with Gasteiger partial charge in [-0.2, -0.15) is 0 Å². The van der Waals surface area contributed by atoms with E-state index in [1.807, 2.05) is 49.4 Å². The van der Waals surface area contributed by atoms with Gasteiger partial charge in [0.2, 0.25) is 10.0 Å². The standard InChI is InChI=1S/C21H20N2O3S/c1-15(16-11-13-20(14-12-16)27(22,25)26)23-21(24)19-9-7-18(8-10-19)17-5-3-2-4-6-17/h2-15H,1H3,(H,23,24)(H2,22,25,26). The lowest BCUT2D eigenvalue weighted by Crippen LogP contribution is -2.26. The zero-order chi connectivity index (χ0) is 19.4. The second-order valence-corrected chi connectivity index (χ2v) is 7.81. The first-order valence-corrected chi connectivity index (χ1v) is 9.98. The fourth-order valence-corrected chi connectivity index (χ4v) is 3.27. The number of hydrogen-bond donors (Lipinski definition) is 2. The lowest BCUT2D eigenvalue weighted by atomic mass is 10.0. The zero-order valence-electron chi connectivity index (χ0n) is 14.8. The van der Waals surface area contributed by atoms with Gasteiger partial charge in [-0.1, -0.05) is 54.6 Å². The average Bonchev–Trinajstić information content (AvgIpc) is 2.68. The lowest BCUT2D eigenvalue weighted by molar-refractivity contribution is 0.0940. The van der Waals surface area contributed by atoms with Crippen LogP contribution < -0.4 is 10.5 Å². The SMILES string of the molecule is CC(NC(=O)c1ccc(-c2ccccc2)cc1)c1ccc(S(N)(=O)=O)cc1. The number of rotatable bonds is 5. The largest absolute Gasteiger partial charge is 0.346 e. The summed E-state index contributed by atoms with van der Waals surface area (Å²) in [5.74, 6) is -0.197. The summed E-state index contributed by atoms with van der Waals surface area (Å²) >= 11 is 0. The Morgan fingerprint density at radius 1 is 0.852 bits per heavy atom. The molecule has 0 saturated carbocycles. The van der Waals surface area contributed by atoms with Gasteiger partial charge in [0.25, 0.3) is 5.91 Å². The molecule has 3 aromatic carbocycles. The van der Waals surface area contributed by atoms with Gasteiger partial charge in [0.15, 0.2) is 0 Å². The molecule has 0 fully saturated rings. The van der Waals surface area contributed by atoms with Gasteiger partial charge in [0.1, 0.15) is 0 Å². The normalized spacial score (nSPS) is 12.4. The Balaban J connectivity index is 1.69. The van der Waals surface area contributed by atoms with Crippen molar-refractivity contribution in [1.29, 1.82) is 0 Å². The highest BCUT2D eigenvalue weighted by Crippen LogP contribution is 2.20. The molecule has 0 heterocycles. The number of nitrogens with one attached hydrogen (secondary N) is 1. The molecular weight excluding hydrogens is 360 g/mol. The predicted molar refractivity (Wildman–Crippen MR) is 106 cm³/mol. The van der Waals surface area contributed by atoms with Crippen LogP contribution in [-0.4, -0.2) is 14.3 Å². The molecule has 1 unspecified atom stereocenters. The molecular formula is C21H20N2O3S. The fraction of sp³-hybridized carbons (Fsp3) is 0.0952. The van der Waals surface area contributed by atoms with Crippen molar-refractivity contribution in [2.24, 2.45) is 5.14 Å². The monoisotopic (exact) mass is 380 g/mol. The van der Waals surface area contributed by atoms with Gasteiger partial charge in [-0.05, 0) is 47.9 Å². The topological polar surface area (TPSA) is 89.3 Å². The Kier molecular flexibility index (Phi) is 5.39. The van der Waals surface area contributed by atoms with Crippen LogP contribution in [0.2, 0.25) is 0 Å². The number of benzene rings is 3. The van der Waals surface area contributed by atoms with Crippen LogP contribution in [0.3, 0.4) is 0 Å². The first kappa shape index (κ1) is 18.8. The molecule has 27 heavy (non-hydrogen) atoms. The van der Waals surface area contributed by atoms with Gasteiger partial charge in [-0.25, -0.2) is 13.6 Å². The molecule has 3 rings (SSSR count). The molecule has 0 bridgehead atoms. The first-order valence-electron chi connectivity index (χ1n) is 8.44. The zero-order valence-corrected chi connectivity index (χ0v) is 15.6. The van der Waals surface area contributed by atoms with Crippen LogP contribution in [0.4, 0.5) is 0 Å². The molecule has 0 radical (unpaired) electrons. The van der Waals surface area contributed by atoms with Gasteiger partial charge >= 0.3 is 0 Å². The second-order valence-electron chi connectivity index (χ2n) is 6.25. The molecule has 3 N–H and O–H groups in total. The lowest BCUT2D eigenvalue weighted by Gasteiger charge is -2.15. The molecule has 5 nitrogen and oxygen atoms in total. The van der Waals surface area contributed by atoms with Crippen LogP contribution in [0.1, 0.15) is 28.9 Å². The van der Waals surface area contributed by atoms with E-state index in [4.69, 9.17) is 5.14 Å². The van der Waals surface area contributed by atoms with Crippen molar-refractivity contribution in [3.05, 3.63) is 90.0 Å². The van der Waals surface area contributed by atoms with E-state index in [-0.39, 0.29) is 16.8 Å². The van der Waals surface area contributed by atoms with E-state index in [1.54, 1.807) is 24.3 Å². The predicted octanol–water partition coefficient (Wildman–Crippen LogP) is 3.49. The summed E-state index contributed by atoms with van der Waals surface area (Å²) < 4.78 is 22.6. The number of hydrogen-bond acceptors (Lipinski definition) is 3. The van der Waals surface area contributed by atoms with E-state index < -0.39 is 10.0 Å². The molecule has 0 spiro atoms. The Morgan fingerprint density at radius 2 is 1.41 bits per heavy atom. The van der Waals surface area contributed by atoms with Crippen LogP contribution in [0.25, 0.3) is 11.1 Å². The van der Waals surface area contributed by atoms with E-state index in [1.165, 1.54) is 12.1 Å². The third-order valence-corrected chi connectivity index (χ3v) is 5.24. The summed E-state index contributed by atoms with van der Waals surface area (Å²) in [4.78, 5) is 12.5. The van der Waals surface area contributed by atoms with Crippen molar-refractivity contribution in [3.8, 4) is 11.1 Å². The quantitative estimate of drug-likeness (QED) is 0.710. The maximum atomic E-state index is 12.5. The summed E-state index contributed by atoms with van der Waals surface area (Å²) in [6.45, 7) is 1.84. The highest BCUT2D eigenvalue weighted by atomic mass is 32.2. The van der Waals surface area contributed by atoms with Crippen LogP contribution in [0.15, 0.2) is 83.8 Å². The number of carbonyl (C=O) groups is 1. The van der Waals surface area contributed by atoms with E-state index >= 15 is 0 Å². The van der Waals surface area contributed by atoms with Crippen LogP contribution in [0, 0.1) is 0 Å². The van der Waals surface area contributed by atoms with Crippen molar-refractivity contribution in [1.82, 2.24) is 5.32 Å². The van der Waals surface area contributed by atoms with Gasteiger partial charge in [0.05, 0.1) is 10.9 Å². The Labute approximate surface area is 158 Å². The summed E-state index contributed by atoms with van der Waals surface area (Å²) in [5, 5.41) is 8.01. The molecule has 1 atom stereocenters. The van der Waals surface area contributed by atoms with Crippen LogP contribution in [0.5, 0.6) is 0 Å². The minimum absolute atomic E-state index is 0.0428. The Hall–Kier alpha value is -2.96. The smallest absolute Gasteiger partial charge is 0.251 e. The third kappa shape index (κ3) is 4.61. The number of sulfonamides is 1. The fourth-order valence-electron chi connectivity index (χ4n) is 2.75. The molecule has 0 saturated heterocycles. The molecule has 3 aromatic rings. The van der Waals surface area contributed by atoms with E-state index in [0.29, 0.717) is 5.56 Å². The summed E-state index contributed by atoms with van der Waals surface area (Å²) in [6, 6.07) is 23.2. The third-order valence-electron chi connectivity index (χ3n) is 4.31. The highest BCUT2D eigenvalue weighted by Gasteiger charge is 2.13. The van der Waals surface area contributed by atoms with Gasteiger partial charge in [-0.15, -0.1) is 0 Å². The minimum Gasteiger partial charge on any atom is -0.346 e. The van der Waals surface area contributed by atoms with E-state index in [2.05, 4.69) is 5.32 Å². The molecule has 6 heteroatoms. The molecule has 138 valence electrons. The van der Waals surface area contributed by atoms with Gasteiger partial charge in [-0.3, -0.25) is 4.79 Å². The number of carbonyl (C=O) groups excluding carboxylic acids is 1. The average molecular weight is 380 g/mol. The Bertz CT molecular complexity index is 1030. The van der Waals surface area contributed by atoms with Crippen molar-refractivity contribution < 1.29 is 13.2 Å². The summed E-state index contributed by atoms with van der Waals surface area (Å²) in [6.07, 6.45) is 0. The molecule has 1 amide bonds. The van der Waals surface area contributed by atoms with Crippen molar-refractivity contribution in [2.45, 2.75) is 17.9 Å². The van der Waals surface area contributed by atoms with Crippen LogP contribution >= 0.6 is 0 Å². The maximum absolute atomic E-state index is 12.5. The maximum Gasteiger partial charge on any atom is 0.251 e. The summed E-state index contributed by atoms with van der Waals surface area (Å²) in [7, 11) is -3.73. The molecule has 0 aliphatic heterocycles. The number of primary sulfonamides is 1. The van der Waals surface area contributed by atoms with E-state index in [0.717, 1.165) is 16.7 Å². The molecule has 0 aliphatic rings. The Morgan fingerprint density at radius 3 is 1.96 bits per heavy atom. The summed E-state index contributed by atoms with van der Waals surface area (Å²) in [5.41, 5.74) is 3.48.